The topological polar surface area (TPSA) is 15.3 Å². The predicted molar refractivity (Wildman–Crippen MR) is 91.6 cm³/mol. The fourth-order valence-electron chi connectivity index (χ4n) is 3.72. The third-order valence-corrected chi connectivity index (χ3v) is 5.24. The van der Waals surface area contributed by atoms with Gasteiger partial charge in [-0.2, -0.15) is 0 Å². The Kier molecular flexibility index (Phi) is 5.83. The standard InChI is InChI=1S/C19H32N2/c1-5-9-18-14-21(19(6-2,7-3)15-20-18)13-17-11-8-10-16(4)12-17/h8,10-12,18,20H,5-7,9,13-15H2,1-4H3. The van der Waals surface area contributed by atoms with Crippen LogP contribution in [0.3, 0.4) is 0 Å². The third kappa shape index (κ3) is 3.87. The van der Waals surface area contributed by atoms with Gasteiger partial charge in [-0.15, -0.1) is 0 Å². The Morgan fingerprint density at radius 2 is 2.00 bits per heavy atom. The van der Waals surface area contributed by atoms with E-state index in [1.165, 1.54) is 43.4 Å². The zero-order valence-corrected chi connectivity index (χ0v) is 14.3. The Morgan fingerprint density at radius 3 is 2.62 bits per heavy atom. The molecule has 1 fully saturated rings. The smallest absolute Gasteiger partial charge is 0.0333 e. The van der Waals surface area contributed by atoms with Crippen LogP contribution in [0.15, 0.2) is 24.3 Å². The summed E-state index contributed by atoms with van der Waals surface area (Å²) in [4.78, 5) is 2.75. The minimum atomic E-state index is 0.327. The number of hydrogen-bond acceptors (Lipinski definition) is 2. The van der Waals surface area contributed by atoms with Gasteiger partial charge in [0, 0.05) is 31.2 Å². The van der Waals surface area contributed by atoms with Gasteiger partial charge in [0.25, 0.3) is 0 Å². The lowest BCUT2D eigenvalue weighted by Crippen LogP contribution is -2.63. The van der Waals surface area contributed by atoms with Crippen molar-refractivity contribution in [2.24, 2.45) is 0 Å². The van der Waals surface area contributed by atoms with Gasteiger partial charge in [-0.05, 0) is 31.7 Å². The summed E-state index contributed by atoms with van der Waals surface area (Å²) in [7, 11) is 0. The van der Waals surface area contributed by atoms with Gasteiger partial charge in [-0.1, -0.05) is 57.0 Å². The fourth-order valence-corrected chi connectivity index (χ4v) is 3.72. The van der Waals surface area contributed by atoms with Crippen molar-refractivity contribution in [3.05, 3.63) is 35.4 Å². The summed E-state index contributed by atoms with van der Waals surface area (Å²) < 4.78 is 0. The molecule has 1 aromatic carbocycles. The SMILES string of the molecule is CCCC1CN(Cc2cccc(C)c2)C(CC)(CC)CN1. The van der Waals surface area contributed by atoms with Crippen LogP contribution in [0.1, 0.15) is 57.6 Å². The molecule has 0 aliphatic carbocycles. The zero-order chi connectivity index (χ0) is 15.3. The highest BCUT2D eigenvalue weighted by Gasteiger charge is 2.38. The molecule has 1 aromatic rings. The van der Waals surface area contributed by atoms with E-state index in [9.17, 15) is 0 Å². The van der Waals surface area contributed by atoms with Crippen molar-refractivity contribution in [3.8, 4) is 0 Å². The molecule has 1 N–H and O–H groups in total. The molecule has 1 saturated heterocycles. The molecule has 1 heterocycles. The minimum absolute atomic E-state index is 0.327. The predicted octanol–water partition coefficient (Wildman–Crippen LogP) is 4.13. The number of benzene rings is 1. The minimum Gasteiger partial charge on any atom is -0.311 e. The van der Waals surface area contributed by atoms with E-state index in [4.69, 9.17) is 0 Å². The molecular weight excluding hydrogens is 256 g/mol. The Bertz CT molecular complexity index is 437. The van der Waals surface area contributed by atoms with E-state index in [-0.39, 0.29) is 0 Å². The normalized spacial score (nSPS) is 22.4. The molecule has 0 aromatic heterocycles. The Morgan fingerprint density at radius 1 is 1.24 bits per heavy atom. The number of hydrogen-bond donors (Lipinski definition) is 1. The van der Waals surface area contributed by atoms with Gasteiger partial charge in [-0.3, -0.25) is 4.90 Å². The molecule has 1 aliphatic heterocycles. The molecule has 1 aliphatic rings. The molecule has 2 rings (SSSR count). The van der Waals surface area contributed by atoms with Crippen molar-refractivity contribution in [1.82, 2.24) is 10.2 Å². The first-order chi connectivity index (χ1) is 10.1. The summed E-state index contributed by atoms with van der Waals surface area (Å²) >= 11 is 0. The number of rotatable bonds is 6. The quantitative estimate of drug-likeness (QED) is 0.847. The Balaban J connectivity index is 2.16. The van der Waals surface area contributed by atoms with Crippen LogP contribution in [0.5, 0.6) is 0 Å². The average Bonchev–Trinajstić information content (AvgIpc) is 2.49. The van der Waals surface area contributed by atoms with Gasteiger partial charge in [0.1, 0.15) is 0 Å². The van der Waals surface area contributed by atoms with Crippen molar-refractivity contribution in [2.45, 2.75) is 71.5 Å². The maximum Gasteiger partial charge on any atom is 0.0333 e. The lowest BCUT2D eigenvalue weighted by atomic mass is 9.86. The van der Waals surface area contributed by atoms with Gasteiger partial charge in [0.2, 0.25) is 0 Å². The largest absolute Gasteiger partial charge is 0.311 e. The van der Waals surface area contributed by atoms with Crippen LogP contribution < -0.4 is 5.32 Å². The van der Waals surface area contributed by atoms with Crippen molar-refractivity contribution in [1.29, 1.82) is 0 Å². The molecular formula is C19H32N2. The van der Waals surface area contributed by atoms with E-state index in [1.807, 2.05) is 0 Å². The summed E-state index contributed by atoms with van der Waals surface area (Å²) in [6.45, 7) is 12.6. The van der Waals surface area contributed by atoms with Crippen LogP contribution in [0.4, 0.5) is 0 Å². The van der Waals surface area contributed by atoms with Crippen molar-refractivity contribution < 1.29 is 0 Å². The molecule has 1 unspecified atom stereocenters. The van der Waals surface area contributed by atoms with E-state index >= 15 is 0 Å². The first kappa shape index (κ1) is 16.5. The highest BCUT2D eigenvalue weighted by atomic mass is 15.3. The molecule has 2 heteroatoms. The van der Waals surface area contributed by atoms with Gasteiger partial charge < -0.3 is 5.32 Å². The van der Waals surface area contributed by atoms with Gasteiger partial charge in [-0.25, -0.2) is 0 Å². The van der Waals surface area contributed by atoms with Crippen LogP contribution in [-0.2, 0) is 6.54 Å². The molecule has 118 valence electrons. The second kappa shape index (κ2) is 7.42. The van der Waals surface area contributed by atoms with Gasteiger partial charge in [0.15, 0.2) is 0 Å². The number of nitrogens with zero attached hydrogens (tertiary/aromatic N) is 1. The van der Waals surface area contributed by atoms with Crippen LogP contribution in [-0.4, -0.2) is 29.6 Å². The molecule has 0 amide bonds. The second-order valence-corrected chi connectivity index (χ2v) is 6.67. The number of piperazine rings is 1. The van der Waals surface area contributed by atoms with Crippen LogP contribution in [0.25, 0.3) is 0 Å². The molecule has 0 radical (unpaired) electrons. The first-order valence-electron chi connectivity index (χ1n) is 8.67. The number of aryl methyl sites for hydroxylation is 1. The van der Waals surface area contributed by atoms with Crippen LogP contribution in [0, 0.1) is 6.92 Å². The monoisotopic (exact) mass is 288 g/mol. The van der Waals surface area contributed by atoms with Crippen molar-refractivity contribution in [3.63, 3.8) is 0 Å². The van der Waals surface area contributed by atoms with E-state index in [0.29, 0.717) is 11.6 Å². The fraction of sp³-hybridized carbons (Fsp3) is 0.684. The van der Waals surface area contributed by atoms with Gasteiger partial charge >= 0.3 is 0 Å². The zero-order valence-electron chi connectivity index (χ0n) is 14.3. The highest BCUT2D eigenvalue weighted by Crippen LogP contribution is 2.29. The molecule has 1 atom stereocenters. The molecule has 0 bridgehead atoms. The van der Waals surface area contributed by atoms with E-state index in [0.717, 1.165) is 13.1 Å². The second-order valence-electron chi connectivity index (χ2n) is 6.67. The van der Waals surface area contributed by atoms with Crippen LogP contribution >= 0.6 is 0 Å². The Labute approximate surface area is 130 Å². The van der Waals surface area contributed by atoms with E-state index in [1.54, 1.807) is 0 Å². The lowest BCUT2D eigenvalue weighted by molar-refractivity contribution is 0.0227. The maximum atomic E-state index is 3.80. The van der Waals surface area contributed by atoms with E-state index < -0.39 is 0 Å². The van der Waals surface area contributed by atoms with Crippen LogP contribution in [0.2, 0.25) is 0 Å². The Hall–Kier alpha value is -0.860. The summed E-state index contributed by atoms with van der Waals surface area (Å²) in [6.07, 6.45) is 5.00. The molecule has 0 spiro atoms. The van der Waals surface area contributed by atoms with Crippen molar-refractivity contribution in [2.75, 3.05) is 13.1 Å². The number of nitrogens with one attached hydrogen (secondary N) is 1. The summed E-state index contributed by atoms with van der Waals surface area (Å²) in [5, 5.41) is 3.80. The maximum absolute atomic E-state index is 3.80. The highest BCUT2D eigenvalue weighted by molar-refractivity contribution is 5.22. The molecule has 2 nitrogen and oxygen atoms in total. The lowest BCUT2D eigenvalue weighted by Gasteiger charge is -2.50. The first-order valence-corrected chi connectivity index (χ1v) is 8.67. The summed E-state index contributed by atoms with van der Waals surface area (Å²) in [5.41, 5.74) is 3.15. The average molecular weight is 288 g/mol. The molecule has 21 heavy (non-hydrogen) atoms. The molecule has 0 saturated carbocycles. The van der Waals surface area contributed by atoms with E-state index in [2.05, 4.69) is 62.2 Å². The van der Waals surface area contributed by atoms with Gasteiger partial charge in [0.05, 0.1) is 0 Å². The summed E-state index contributed by atoms with van der Waals surface area (Å²) in [6, 6.07) is 9.66. The van der Waals surface area contributed by atoms with Crippen molar-refractivity contribution >= 4 is 0 Å². The summed E-state index contributed by atoms with van der Waals surface area (Å²) in [5.74, 6) is 0. The third-order valence-electron chi connectivity index (χ3n) is 5.24.